The SMILES string of the molecule is CC(=O)NCSC(C)=C(C)C. The van der Waals surface area contributed by atoms with Crippen LogP contribution in [0.1, 0.15) is 27.7 Å². The lowest BCUT2D eigenvalue weighted by Crippen LogP contribution is -2.18. The molecule has 64 valence electrons. The number of nitrogens with one attached hydrogen (secondary N) is 1. The summed E-state index contributed by atoms with van der Waals surface area (Å²) < 4.78 is 0. The van der Waals surface area contributed by atoms with E-state index < -0.39 is 0 Å². The van der Waals surface area contributed by atoms with Gasteiger partial charge in [-0.25, -0.2) is 0 Å². The predicted octanol–water partition coefficient (Wildman–Crippen LogP) is 2.13. The molecule has 0 bridgehead atoms. The molecule has 0 unspecified atom stereocenters. The molecule has 0 spiro atoms. The molecule has 0 aromatic rings. The van der Waals surface area contributed by atoms with E-state index in [4.69, 9.17) is 0 Å². The molecular weight excluding hydrogens is 158 g/mol. The van der Waals surface area contributed by atoms with Crippen molar-refractivity contribution in [3.8, 4) is 0 Å². The first-order valence-electron chi connectivity index (χ1n) is 3.55. The second kappa shape index (κ2) is 5.24. The fourth-order valence-corrected chi connectivity index (χ4v) is 1.17. The van der Waals surface area contributed by atoms with Crippen LogP contribution in [0.5, 0.6) is 0 Å². The van der Waals surface area contributed by atoms with Gasteiger partial charge in [0.15, 0.2) is 0 Å². The summed E-state index contributed by atoms with van der Waals surface area (Å²) in [5.41, 5.74) is 1.31. The maximum Gasteiger partial charge on any atom is 0.217 e. The summed E-state index contributed by atoms with van der Waals surface area (Å²) in [6, 6.07) is 0. The van der Waals surface area contributed by atoms with Gasteiger partial charge in [0.05, 0.1) is 5.88 Å². The lowest BCUT2D eigenvalue weighted by atomic mass is 10.3. The lowest BCUT2D eigenvalue weighted by Gasteiger charge is -2.03. The first kappa shape index (κ1) is 10.6. The monoisotopic (exact) mass is 173 g/mol. The molecule has 0 aliphatic carbocycles. The van der Waals surface area contributed by atoms with Gasteiger partial charge < -0.3 is 5.32 Å². The minimum atomic E-state index is 0.0269. The Balaban J connectivity index is 3.56. The number of rotatable bonds is 3. The molecule has 0 heterocycles. The van der Waals surface area contributed by atoms with Crippen LogP contribution in [0.3, 0.4) is 0 Å². The molecule has 0 saturated carbocycles. The Morgan fingerprint density at radius 3 is 2.18 bits per heavy atom. The minimum Gasteiger partial charge on any atom is -0.347 e. The lowest BCUT2D eigenvalue weighted by molar-refractivity contribution is -0.118. The van der Waals surface area contributed by atoms with E-state index in [1.54, 1.807) is 11.8 Å². The van der Waals surface area contributed by atoms with Gasteiger partial charge in [-0.05, 0) is 25.7 Å². The van der Waals surface area contributed by atoms with Crippen LogP contribution in [0, 0.1) is 0 Å². The number of carbonyl (C=O) groups is 1. The van der Waals surface area contributed by atoms with E-state index in [0.717, 1.165) is 0 Å². The molecule has 0 aliphatic rings. The van der Waals surface area contributed by atoms with Gasteiger partial charge in [-0.1, -0.05) is 5.57 Å². The maximum atomic E-state index is 10.5. The van der Waals surface area contributed by atoms with Crippen molar-refractivity contribution in [2.75, 3.05) is 5.88 Å². The van der Waals surface area contributed by atoms with Crippen LogP contribution in [0.4, 0.5) is 0 Å². The van der Waals surface area contributed by atoms with Gasteiger partial charge in [0.2, 0.25) is 5.91 Å². The van der Waals surface area contributed by atoms with Crippen molar-refractivity contribution < 1.29 is 4.79 Å². The van der Waals surface area contributed by atoms with E-state index in [9.17, 15) is 4.79 Å². The quantitative estimate of drug-likeness (QED) is 0.662. The van der Waals surface area contributed by atoms with Crippen molar-refractivity contribution in [1.82, 2.24) is 5.32 Å². The highest BCUT2D eigenvalue weighted by molar-refractivity contribution is 8.03. The highest BCUT2D eigenvalue weighted by atomic mass is 32.2. The first-order chi connectivity index (χ1) is 5.04. The molecule has 0 aromatic carbocycles. The number of allylic oxidation sites excluding steroid dienone is 2. The summed E-state index contributed by atoms with van der Waals surface area (Å²) in [7, 11) is 0. The molecule has 0 fully saturated rings. The van der Waals surface area contributed by atoms with E-state index in [0.29, 0.717) is 5.88 Å². The van der Waals surface area contributed by atoms with Gasteiger partial charge in [-0.2, -0.15) is 0 Å². The Morgan fingerprint density at radius 2 is 1.82 bits per heavy atom. The van der Waals surface area contributed by atoms with E-state index >= 15 is 0 Å². The highest BCUT2D eigenvalue weighted by Crippen LogP contribution is 2.16. The molecule has 0 rings (SSSR count). The van der Waals surface area contributed by atoms with Crippen LogP contribution < -0.4 is 5.32 Å². The van der Waals surface area contributed by atoms with Gasteiger partial charge in [-0.3, -0.25) is 4.79 Å². The summed E-state index contributed by atoms with van der Waals surface area (Å²) in [5, 5.41) is 2.72. The number of amides is 1. The van der Waals surface area contributed by atoms with Crippen molar-refractivity contribution in [1.29, 1.82) is 0 Å². The molecule has 0 saturated heterocycles. The van der Waals surface area contributed by atoms with E-state index in [-0.39, 0.29) is 5.91 Å². The second-order valence-corrected chi connectivity index (χ2v) is 3.77. The first-order valence-corrected chi connectivity index (χ1v) is 4.54. The van der Waals surface area contributed by atoms with Gasteiger partial charge >= 0.3 is 0 Å². The Kier molecular flexibility index (Phi) is 5.03. The summed E-state index contributed by atoms with van der Waals surface area (Å²) in [5.74, 6) is 0.700. The summed E-state index contributed by atoms with van der Waals surface area (Å²) in [4.78, 5) is 11.7. The molecule has 3 heteroatoms. The molecule has 1 N–H and O–H groups in total. The maximum absolute atomic E-state index is 10.5. The van der Waals surface area contributed by atoms with E-state index in [1.807, 2.05) is 0 Å². The summed E-state index contributed by atoms with van der Waals surface area (Å²) >= 11 is 1.66. The Hall–Kier alpha value is -0.440. The van der Waals surface area contributed by atoms with E-state index in [1.165, 1.54) is 17.4 Å². The minimum absolute atomic E-state index is 0.0269. The molecule has 0 atom stereocenters. The van der Waals surface area contributed by atoms with Gasteiger partial charge in [-0.15, -0.1) is 11.8 Å². The van der Waals surface area contributed by atoms with Gasteiger partial charge in [0.1, 0.15) is 0 Å². The predicted molar refractivity (Wildman–Crippen MR) is 50.3 cm³/mol. The van der Waals surface area contributed by atoms with Crippen molar-refractivity contribution in [3.05, 3.63) is 10.5 Å². The highest BCUT2D eigenvalue weighted by Gasteiger charge is 1.93. The average Bonchev–Trinajstić information content (AvgIpc) is 1.86. The normalized spacial score (nSPS) is 9.09. The average molecular weight is 173 g/mol. The number of hydrogen-bond acceptors (Lipinski definition) is 2. The molecule has 0 radical (unpaired) electrons. The third-order valence-corrected chi connectivity index (χ3v) is 2.44. The van der Waals surface area contributed by atoms with Crippen LogP contribution in [-0.4, -0.2) is 11.8 Å². The summed E-state index contributed by atoms with van der Waals surface area (Å²) in [6.45, 7) is 7.71. The van der Waals surface area contributed by atoms with Crippen LogP contribution in [-0.2, 0) is 4.79 Å². The Morgan fingerprint density at radius 1 is 1.27 bits per heavy atom. The van der Waals surface area contributed by atoms with Crippen LogP contribution in [0.15, 0.2) is 10.5 Å². The fraction of sp³-hybridized carbons (Fsp3) is 0.625. The standard InChI is InChI=1S/C8H15NOS/c1-6(2)7(3)11-5-9-8(4)10/h5H2,1-4H3,(H,9,10). The number of carbonyl (C=O) groups excluding carboxylic acids is 1. The third kappa shape index (κ3) is 5.98. The second-order valence-electron chi connectivity index (χ2n) is 2.58. The third-order valence-electron chi connectivity index (χ3n) is 1.31. The zero-order valence-electron chi connectivity index (χ0n) is 7.52. The molecule has 0 aliphatic heterocycles. The zero-order valence-corrected chi connectivity index (χ0v) is 8.34. The van der Waals surface area contributed by atoms with Crippen LogP contribution in [0.25, 0.3) is 0 Å². The van der Waals surface area contributed by atoms with E-state index in [2.05, 4.69) is 26.1 Å². The van der Waals surface area contributed by atoms with Crippen LogP contribution in [0.2, 0.25) is 0 Å². The zero-order chi connectivity index (χ0) is 8.85. The van der Waals surface area contributed by atoms with Crippen molar-refractivity contribution in [3.63, 3.8) is 0 Å². The number of hydrogen-bond donors (Lipinski definition) is 1. The largest absolute Gasteiger partial charge is 0.347 e. The van der Waals surface area contributed by atoms with Crippen molar-refractivity contribution >= 4 is 17.7 Å². The molecule has 11 heavy (non-hydrogen) atoms. The smallest absolute Gasteiger partial charge is 0.217 e. The molecular formula is C8H15NOS. The van der Waals surface area contributed by atoms with Crippen molar-refractivity contribution in [2.24, 2.45) is 0 Å². The van der Waals surface area contributed by atoms with Gasteiger partial charge in [0.25, 0.3) is 0 Å². The van der Waals surface area contributed by atoms with Gasteiger partial charge in [0, 0.05) is 6.92 Å². The molecule has 1 amide bonds. The fourth-order valence-electron chi connectivity index (χ4n) is 0.390. The van der Waals surface area contributed by atoms with Crippen LogP contribution >= 0.6 is 11.8 Å². The number of thioether (sulfide) groups is 1. The Labute approximate surface area is 72.4 Å². The topological polar surface area (TPSA) is 29.1 Å². The summed E-state index contributed by atoms with van der Waals surface area (Å²) in [6.07, 6.45) is 0. The Bertz CT molecular complexity index is 171. The van der Waals surface area contributed by atoms with Crippen molar-refractivity contribution in [2.45, 2.75) is 27.7 Å². The molecule has 0 aromatic heterocycles. The molecule has 2 nitrogen and oxygen atoms in total.